The summed E-state index contributed by atoms with van der Waals surface area (Å²) in [5, 5.41) is 3.82. The number of para-hydroxylation sites is 1. The zero-order chi connectivity index (χ0) is 23.4. The average molecular weight is 448 g/mol. The van der Waals surface area contributed by atoms with Gasteiger partial charge in [0.15, 0.2) is 0 Å². The van der Waals surface area contributed by atoms with Crippen LogP contribution >= 0.6 is 0 Å². The lowest BCUT2D eigenvalue weighted by Crippen LogP contribution is -2.51. The Labute approximate surface area is 193 Å². The van der Waals surface area contributed by atoms with Crippen LogP contribution in [0.3, 0.4) is 0 Å². The molecule has 2 heterocycles. The summed E-state index contributed by atoms with van der Waals surface area (Å²) in [5.74, 6) is -0.380. The van der Waals surface area contributed by atoms with Gasteiger partial charge >= 0.3 is 0 Å². The fourth-order valence-electron chi connectivity index (χ4n) is 3.92. The topological polar surface area (TPSA) is 88.8 Å². The van der Waals surface area contributed by atoms with Crippen LogP contribution in [0.4, 0.5) is 5.69 Å². The molecule has 0 atom stereocenters. The van der Waals surface area contributed by atoms with Crippen molar-refractivity contribution in [1.82, 2.24) is 19.7 Å². The van der Waals surface area contributed by atoms with Crippen LogP contribution in [-0.4, -0.2) is 83.7 Å². The smallest absolute Gasteiger partial charge is 0.270 e. The first kappa shape index (κ1) is 22.5. The maximum Gasteiger partial charge on any atom is 0.270 e. The van der Waals surface area contributed by atoms with E-state index in [0.29, 0.717) is 37.6 Å². The van der Waals surface area contributed by atoms with E-state index < -0.39 is 0 Å². The fraction of sp³-hybridized carbons (Fsp3) is 0.320. The van der Waals surface area contributed by atoms with Gasteiger partial charge in [-0.05, 0) is 31.2 Å². The Morgan fingerprint density at radius 1 is 1.00 bits per heavy atom. The number of amides is 3. The number of fused-ring (bicyclic) bond motifs is 1. The van der Waals surface area contributed by atoms with E-state index in [2.05, 4.69) is 10.3 Å². The third kappa shape index (κ3) is 5.59. The molecule has 1 saturated heterocycles. The fourth-order valence-corrected chi connectivity index (χ4v) is 3.92. The van der Waals surface area contributed by atoms with Crippen LogP contribution in [0.1, 0.15) is 16.1 Å². The van der Waals surface area contributed by atoms with Crippen LogP contribution in [-0.2, 0) is 9.59 Å². The molecule has 0 unspecified atom stereocenters. The lowest BCUT2D eigenvalue weighted by molar-refractivity contribution is -0.134. The molecule has 0 bridgehead atoms. The van der Waals surface area contributed by atoms with Gasteiger partial charge in [-0.25, -0.2) is 0 Å². The molecule has 0 saturated carbocycles. The second kappa shape index (κ2) is 9.87. The molecule has 0 spiro atoms. The Bertz CT molecular complexity index is 1110. The molecule has 1 aromatic heterocycles. The lowest BCUT2D eigenvalue weighted by Gasteiger charge is -2.34. The summed E-state index contributed by atoms with van der Waals surface area (Å²) in [6, 6.07) is 17.2. The molecule has 1 fully saturated rings. The number of hydrogen-bond acceptors (Lipinski definition) is 4. The van der Waals surface area contributed by atoms with Crippen LogP contribution in [0, 0.1) is 6.92 Å². The van der Waals surface area contributed by atoms with Crippen LogP contribution < -0.4 is 5.32 Å². The van der Waals surface area contributed by atoms with E-state index in [1.165, 1.54) is 4.90 Å². The highest BCUT2D eigenvalue weighted by Gasteiger charge is 2.25. The van der Waals surface area contributed by atoms with E-state index in [0.717, 1.165) is 16.5 Å². The van der Waals surface area contributed by atoms with Crippen molar-refractivity contribution in [3.63, 3.8) is 0 Å². The maximum absolute atomic E-state index is 12.9. The quantitative estimate of drug-likeness (QED) is 0.607. The molecule has 8 heteroatoms. The number of H-pyrrole nitrogens is 1. The minimum absolute atomic E-state index is 0.00839. The van der Waals surface area contributed by atoms with Gasteiger partial charge in [0, 0.05) is 49.8 Å². The van der Waals surface area contributed by atoms with Crippen LogP contribution in [0.2, 0.25) is 0 Å². The van der Waals surface area contributed by atoms with E-state index in [1.807, 2.05) is 71.3 Å². The highest BCUT2D eigenvalue weighted by atomic mass is 16.2. The van der Waals surface area contributed by atoms with E-state index in [-0.39, 0.29) is 30.8 Å². The van der Waals surface area contributed by atoms with Crippen molar-refractivity contribution in [2.75, 3.05) is 51.6 Å². The van der Waals surface area contributed by atoms with E-state index in [9.17, 15) is 14.4 Å². The number of rotatable bonds is 6. The monoisotopic (exact) mass is 447 g/mol. The average Bonchev–Trinajstić information content (AvgIpc) is 3.25. The maximum atomic E-state index is 12.9. The standard InChI is InChI=1S/C25H29N5O3/c1-18-7-9-20(10-8-18)26-23(31)16-28(2)24(32)17-29-11-13-30(14-12-29)25(33)22-15-19-5-3-4-6-21(19)27-22/h3-10,15,27H,11-14,16-17H2,1-2H3,(H,26,31). The Morgan fingerprint density at radius 3 is 2.39 bits per heavy atom. The molecule has 3 amide bonds. The van der Waals surface area contributed by atoms with Gasteiger partial charge in [-0.2, -0.15) is 0 Å². The first-order chi connectivity index (χ1) is 15.9. The van der Waals surface area contributed by atoms with Gasteiger partial charge < -0.3 is 20.1 Å². The van der Waals surface area contributed by atoms with Crippen LogP contribution in [0.15, 0.2) is 54.6 Å². The van der Waals surface area contributed by atoms with Gasteiger partial charge in [0.1, 0.15) is 5.69 Å². The zero-order valence-corrected chi connectivity index (χ0v) is 19.0. The third-order valence-corrected chi connectivity index (χ3v) is 5.92. The molecule has 2 aromatic carbocycles. The van der Waals surface area contributed by atoms with Gasteiger partial charge in [0.25, 0.3) is 5.91 Å². The number of benzene rings is 2. The number of aromatic nitrogens is 1. The zero-order valence-electron chi connectivity index (χ0n) is 19.0. The molecular weight excluding hydrogens is 418 g/mol. The molecular formula is C25H29N5O3. The van der Waals surface area contributed by atoms with Gasteiger partial charge in [-0.3, -0.25) is 19.3 Å². The third-order valence-electron chi connectivity index (χ3n) is 5.92. The van der Waals surface area contributed by atoms with Gasteiger partial charge in [-0.15, -0.1) is 0 Å². The Kier molecular flexibility index (Phi) is 6.74. The Balaban J connectivity index is 1.23. The number of carbonyl (C=O) groups excluding carboxylic acids is 3. The van der Waals surface area contributed by atoms with Crippen molar-refractivity contribution in [1.29, 1.82) is 0 Å². The second-order valence-electron chi connectivity index (χ2n) is 8.50. The number of likely N-dealkylation sites (N-methyl/N-ethyl adjacent to an activating group) is 1. The predicted octanol–water partition coefficient (Wildman–Crippen LogP) is 2.33. The van der Waals surface area contributed by atoms with Crippen LogP contribution in [0.5, 0.6) is 0 Å². The number of anilines is 1. The summed E-state index contributed by atoms with van der Waals surface area (Å²) >= 11 is 0. The number of nitrogens with one attached hydrogen (secondary N) is 2. The summed E-state index contributed by atoms with van der Waals surface area (Å²) in [7, 11) is 1.63. The van der Waals surface area contributed by atoms with Crippen molar-refractivity contribution < 1.29 is 14.4 Å². The molecule has 4 rings (SSSR count). The van der Waals surface area contributed by atoms with Crippen molar-refractivity contribution in [2.45, 2.75) is 6.92 Å². The summed E-state index contributed by atoms with van der Waals surface area (Å²) in [6.45, 7) is 4.53. The lowest BCUT2D eigenvalue weighted by atomic mass is 10.2. The summed E-state index contributed by atoms with van der Waals surface area (Å²) in [4.78, 5) is 46.2. The van der Waals surface area contributed by atoms with Crippen molar-refractivity contribution in [3.05, 3.63) is 65.9 Å². The van der Waals surface area contributed by atoms with Gasteiger partial charge in [-0.1, -0.05) is 35.9 Å². The van der Waals surface area contributed by atoms with Crippen LogP contribution in [0.25, 0.3) is 10.9 Å². The van der Waals surface area contributed by atoms with Gasteiger partial charge in [0.2, 0.25) is 11.8 Å². The Morgan fingerprint density at radius 2 is 1.70 bits per heavy atom. The normalized spacial score (nSPS) is 14.3. The molecule has 33 heavy (non-hydrogen) atoms. The minimum atomic E-state index is -0.233. The number of aromatic amines is 1. The molecule has 2 N–H and O–H groups in total. The largest absolute Gasteiger partial charge is 0.351 e. The summed E-state index contributed by atoms with van der Waals surface area (Å²) in [6.07, 6.45) is 0. The molecule has 3 aromatic rings. The second-order valence-corrected chi connectivity index (χ2v) is 8.50. The highest BCUT2D eigenvalue weighted by Crippen LogP contribution is 2.17. The predicted molar refractivity (Wildman–Crippen MR) is 128 cm³/mol. The van der Waals surface area contributed by atoms with Gasteiger partial charge in [0.05, 0.1) is 13.1 Å². The van der Waals surface area contributed by atoms with Crippen molar-refractivity contribution in [2.24, 2.45) is 0 Å². The number of hydrogen-bond donors (Lipinski definition) is 2. The van der Waals surface area contributed by atoms with E-state index in [4.69, 9.17) is 0 Å². The molecule has 1 aliphatic rings. The molecule has 1 aliphatic heterocycles. The van der Waals surface area contributed by atoms with Crippen molar-refractivity contribution >= 4 is 34.3 Å². The summed E-state index contributed by atoms with van der Waals surface area (Å²) in [5.41, 5.74) is 3.35. The van der Waals surface area contributed by atoms with E-state index in [1.54, 1.807) is 7.05 Å². The summed E-state index contributed by atoms with van der Waals surface area (Å²) < 4.78 is 0. The SMILES string of the molecule is Cc1ccc(NC(=O)CN(C)C(=O)CN2CCN(C(=O)c3cc4ccccc4[nH]3)CC2)cc1. The number of nitrogens with zero attached hydrogens (tertiary/aromatic N) is 3. The highest BCUT2D eigenvalue weighted by molar-refractivity contribution is 5.98. The molecule has 8 nitrogen and oxygen atoms in total. The first-order valence-electron chi connectivity index (χ1n) is 11.1. The van der Waals surface area contributed by atoms with Crippen molar-refractivity contribution in [3.8, 4) is 0 Å². The number of aryl methyl sites for hydroxylation is 1. The minimum Gasteiger partial charge on any atom is -0.351 e. The number of piperazine rings is 1. The number of carbonyl (C=O) groups is 3. The molecule has 0 radical (unpaired) electrons. The van der Waals surface area contributed by atoms with E-state index >= 15 is 0 Å². The Hall–Kier alpha value is -3.65. The first-order valence-corrected chi connectivity index (χ1v) is 11.1. The molecule has 172 valence electrons. The molecule has 0 aliphatic carbocycles.